The quantitative estimate of drug-likeness (QED) is 0.879. The van der Waals surface area contributed by atoms with Gasteiger partial charge in [0.1, 0.15) is 0 Å². The van der Waals surface area contributed by atoms with Gasteiger partial charge in [0.05, 0.1) is 0 Å². The average Bonchev–Trinajstić information content (AvgIpc) is 2.92. The molecule has 1 fully saturated rings. The Morgan fingerprint density at radius 3 is 2.92 bits per heavy atom. The number of nitrogens with one attached hydrogen (secondary N) is 1. The fourth-order valence-corrected chi connectivity index (χ4v) is 3.68. The van der Waals surface area contributed by atoms with Crippen LogP contribution >= 0.6 is 11.3 Å². The van der Waals surface area contributed by atoms with Crippen LogP contribution in [0.3, 0.4) is 0 Å². The van der Waals surface area contributed by atoms with Crippen LogP contribution in [0.15, 0.2) is 28.6 Å². The van der Waals surface area contributed by atoms with Crippen molar-refractivity contribution >= 4 is 23.2 Å². The fraction of sp³-hybridized carbons (Fsp3) is 0.500. The standard InChI is InChI=1S/C16H21N5O2S/c1-12-11-24-16(23)21(12)9-5-14(22)19-13-4-2-8-20(10-13)15-17-6-3-7-18-15/h3,6-7,11,13H,2,4-5,8-10H2,1H3,(H,19,22). The first-order valence-corrected chi connectivity index (χ1v) is 8.97. The van der Waals surface area contributed by atoms with Crippen molar-refractivity contribution in [2.75, 3.05) is 18.0 Å². The second kappa shape index (κ2) is 7.57. The van der Waals surface area contributed by atoms with Crippen LogP contribution in [0.4, 0.5) is 5.95 Å². The minimum absolute atomic E-state index is 0.00892. The molecule has 2 aromatic rings. The molecule has 1 N–H and O–H groups in total. The van der Waals surface area contributed by atoms with Gasteiger partial charge in [0, 0.05) is 55.6 Å². The van der Waals surface area contributed by atoms with Gasteiger partial charge in [-0.2, -0.15) is 0 Å². The number of aryl methyl sites for hydroxylation is 1. The fourth-order valence-electron chi connectivity index (χ4n) is 2.92. The predicted molar refractivity (Wildman–Crippen MR) is 93.3 cm³/mol. The maximum absolute atomic E-state index is 12.2. The van der Waals surface area contributed by atoms with Crippen molar-refractivity contribution in [2.24, 2.45) is 0 Å². The summed E-state index contributed by atoms with van der Waals surface area (Å²) >= 11 is 1.17. The van der Waals surface area contributed by atoms with Gasteiger partial charge in [0.25, 0.3) is 0 Å². The Morgan fingerprint density at radius 1 is 1.42 bits per heavy atom. The zero-order chi connectivity index (χ0) is 16.9. The highest BCUT2D eigenvalue weighted by Crippen LogP contribution is 2.15. The van der Waals surface area contributed by atoms with E-state index < -0.39 is 0 Å². The monoisotopic (exact) mass is 347 g/mol. The zero-order valence-electron chi connectivity index (χ0n) is 13.6. The first-order valence-electron chi connectivity index (χ1n) is 8.10. The van der Waals surface area contributed by atoms with E-state index in [4.69, 9.17) is 0 Å². The maximum atomic E-state index is 12.2. The highest BCUT2D eigenvalue weighted by atomic mass is 32.1. The summed E-state index contributed by atoms with van der Waals surface area (Å²) in [6, 6.07) is 1.89. The summed E-state index contributed by atoms with van der Waals surface area (Å²) in [5.41, 5.74) is 0.905. The molecule has 0 saturated carbocycles. The molecule has 1 unspecified atom stereocenters. The maximum Gasteiger partial charge on any atom is 0.307 e. The SMILES string of the molecule is Cc1csc(=O)n1CCC(=O)NC1CCCN(c2ncccn2)C1. The number of aromatic nitrogens is 3. The topological polar surface area (TPSA) is 80.1 Å². The van der Waals surface area contributed by atoms with E-state index in [1.54, 1.807) is 23.0 Å². The average molecular weight is 347 g/mol. The van der Waals surface area contributed by atoms with Crippen molar-refractivity contribution in [1.29, 1.82) is 0 Å². The number of thiazole rings is 1. The van der Waals surface area contributed by atoms with Crippen LogP contribution in [-0.2, 0) is 11.3 Å². The molecule has 0 aliphatic carbocycles. The number of hydrogen-bond donors (Lipinski definition) is 1. The number of rotatable bonds is 5. The number of piperidine rings is 1. The molecule has 0 radical (unpaired) electrons. The van der Waals surface area contributed by atoms with Crippen LogP contribution in [0.25, 0.3) is 0 Å². The predicted octanol–water partition coefficient (Wildman–Crippen LogP) is 1.18. The molecule has 24 heavy (non-hydrogen) atoms. The summed E-state index contributed by atoms with van der Waals surface area (Å²) in [6.45, 7) is 3.93. The summed E-state index contributed by atoms with van der Waals surface area (Å²) in [4.78, 5) is 34.5. The van der Waals surface area contributed by atoms with Crippen LogP contribution in [0.1, 0.15) is 25.0 Å². The zero-order valence-corrected chi connectivity index (χ0v) is 14.5. The van der Waals surface area contributed by atoms with Gasteiger partial charge in [-0.3, -0.25) is 9.59 Å². The Hall–Kier alpha value is -2.22. The Bertz CT molecular complexity index is 742. The number of carbonyl (C=O) groups is 1. The molecule has 1 aliphatic rings. The van der Waals surface area contributed by atoms with E-state index in [2.05, 4.69) is 20.2 Å². The lowest BCUT2D eigenvalue weighted by molar-refractivity contribution is -0.122. The Morgan fingerprint density at radius 2 is 2.21 bits per heavy atom. The molecule has 3 heterocycles. The summed E-state index contributed by atoms with van der Waals surface area (Å²) in [5.74, 6) is 0.685. The van der Waals surface area contributed by atoms with Crippen LogP contribution < -0.4 is 15.1 Å². The van der Waals surface area contributed by atoms with Crippen molar-refractivity contribution in [3.05, 3.63) is 39.2 Å². The summed E-state index contributed by atoms with van der Waals surface area (Å²) < 4.78 is 1.65. The number of hydrogen-bond acceptors (Lipinski definition) is 6. The van der Waals surface area contributed by atoms with E-state index in [1.165, 1.54) is 11.3 Å². The molecule has 1 amide bonds. The second-order valence-corrected chi connectivity index (χ2v) is 6.77. The summed E-state index contributed by atoms with van der Waals surface area (Å²) in [6.07, 6.45) is 5.71. The van der Waals surface area contributed by atoms with E-state index in [0.29, 0.717) is 25.5 Å². The highest BCUT2D eigenvalue weighted by Gasteiger charge is 2.22. The molecular formula is C16H21N5O2S. The van der Waals surface area contributed by atoms with Gasteiger partial charge >= 0.3 is 4.87 Å². The molecular weight excluding hydrogens is 326 g/mol. The van der Waals surface area contributed by atoms with Gasteiger partial charge in [-0.15, -0.1) is 0 Å². The first kappa shape index (κ1) is 16.6. The molecule has 1 aliphatic heterocycles. The van der Waals surface area contributed by atoms with Crippen molar-refractivity contribution in [3.8, 4) is 0 Å². The lowest BCUT2D eigenvalue weighted by Crippen LogP contribution is -2.48. The van der Waals surface area contributed by atoms with Crippen LogP contribution in [-0.4, -0.2) is 39.6 Å². The normalized spacial score (nSPS) is 17.7. The van der Waals surface area contributed by atoms with E-state index in [9.17, 15) is 9.59 Å². The van der Waals surface area contributed by atoms with Gasteiger partial charge in [-0.25, -0.2) is 9.97 Å². The van der Waals surface area contributed by atoms with Crippen LogP contribution in [0, 0.1) is 6.92 Å². The Labute approximate surface area is 144 Å². The minimum atomic E-state index is -0.0201. The van der Waals surface area contributed by atoms with Gasteiger partial charge in [0.2, 0.25) is 11.9 Å². The van der Waals surface area contributed by atoms with E-state index in [1.807, 2.05) is 12.3 Å². The first-order chi connectivity index (χ1) is 11.6. The molecule has 128 valence electrons. The lowest BCUT2D eigenvalue weighted by atomic mass is 10.1. The van der Waals surface area contributed by atoms with Crippen molar-refractivity contribution in [3.63, 3.8) is 0 Å². The lowest BCUT2D eigenvalue weighted by Gasteiger charge is -2.33. The van der Waals surface area contributed by atoms with E-state index in [0.717, 1.165) is 25.1 Å². The molecule has 3 rings (SSSR count). The van der Waals surface area contributed by atoms with Crippen molar-refractivity contribution in [1.82, 2.24) is 19.9 Å². The molecule has 0 aromatic carbocycles. The minimum Gasteiger partial charge on any atom is -0.352 e. The Kier molecular flexibility index (Phi) is 5.24. The molecule has 8 heteroatoms. The van der Waals surface area contributed by atoms with Gasteiger partial charge < -0.3 is 14.8 Å². The molecule has 1 atom stereocenters. The number of amides is 1. The van der Waals surface area contributed by atoms with Crippen LogP contribution in [0.5, 0.6) is 0 Å². The van der Waals surface area contributed by atoms with Gasteiger partial charge in [-0.05, 0) is 25.8 Å². The Balaban J connectivity index is 1.52. The molecule has 7 nitrogen and oxygen atoms in total. The highest BCUT2D eigenvalue weighted by molar-refractivity contribution is 7.07. The molecule has 0 spiro atoms. The van der Waals surface area contributed by atoms with Gasteiger partial charge in [0.15, 0.2) is 0 Å². The summed E-state index contributed by atoms with van der Waals surface area (Å²) in [5, 5.41) is 4.89. The van der Waals surface area contributed by atoms with Gasteiger partial charge in [-0.1, -0.05) is 11.3 Å². The molecule has 1 saturated heterocycles. The number of anilines is 1. The van der Waals surface area contributed by atoms with Crippen molar-refractivity contribution in [2.45, 2.75) is 38.8 Å². The van der Waals surface area contributed by atoms with Crippen molar-refractivity contribution < 1.29 is 4.79 Å². The summed E-state index contributed by atoms with van der Waals surface area (Å²) in [7, 11) is 0. The number of nitrogens with zero attached hydrogens (tertiary/aromatic N) is 4. The third-order valence-electron chi connectivity index (χ3n) is 4.16. The molecule has 2 aromatic heterocycles. The third-order valence-corrected chi connectivity index (χ3v) is 5.04. The number of carbonyl (C=O) groups excluding carboxylic acids is 1. The second-order valence-electron chi connectivity index (χ2n) is 5.95. The largest absolute Gasteiger partial charge is 0.352 e. The van der Waals surface area contributed by atoms with E-state index >= 15 is 0 Å². The van der Waals surface area contributed by atoms with Crippen LogP contribution in [0.2, 0.25) is 0 Å². The molecule has 0 bridgehead atoms. The smallest absolute Gasteiger partial charge is 0.307 e. The third kappa shape index (κ3) is 4.00. The van der Waals surface area contributed by atoms with E-state index in [-0.39, 0.29) is 16.8 Å².